The molecule has 41 heavy (non-hydrogen) atoms. The number of esters is 1. The van der Waals surface area contributed by atoms with Crippen LogP contribution in [0.4, 0.5) is 13.2 Å². The first kappa shape index (κ1) is 27.6. The SMILES string of the molecule is CCC(C)N1C(=O)c2ccc(C(=O)Oc3ccc4c(=O)c(Oc5ccc(C)cc5)c(C(F)(F)F)oc4c3)cc2C1=O. The molecule has 0 saturated carbocycles. The van der Waals surface area contributed by atoms with Crippen molar-refractivity contribution in [2.75, 3.05) is 0 Å². The van der Waals surface area contributed by atoms with Crippen LogP contribution in [0, 0.1) is 6.92 Å². The van der Waals surface area contributed by atoms with E-state index in [4.69, 9.17) is 13.9 Å². The van der Waals surface area contributed by atoms with Crippen LogP contribution in [0.5, 0.6) is 17.2 Å². The van der Waals surface area contributed by atoms with Gasteiger partial charge in [-0.1, -0.05) is 24.6 Å². The van der Waals surface area contributed by atoms with E-state index < -0.39 is 46.5 Å². The van der Waals surface area contributed by atoms with E-state index >= 15 is 0 Å². The van der Waals surface area contributed by atoms with Crippen molar-refractivity contribution < 1.29 is 41.4 Å². The third kappa shape index (κ3) is 5.06. The molecule has 210 valence electrons. The van der Waals surface area contributed by atoms with Crippen LogP contribution in [0.15, 0.2) is 69.9 Å². The molecule has 11 heteroatoms. The lowest BCUT2D eigenvalue weighted by Crippen LogP contribution is -2.37. The average Bonchev–Trinajstić information content (AvgIpc) is 3.19. The maximum absolute atomic E-state index is 13.9. The fourth-order valence-electron chi connectivity index (χ4n) is 4.36. The highest BCUT2D eigenvalue weighted by molar-refractivity contribution is 6.22. The van der Waals surface area contributed by atoms with Gasteiger partial charge in [0.2, 0.25) is 11.2 Å². The maximum atomic E-state index is 13.9. The van der Waals surface area contributed by atoms with Crippen LogP contribution in [0.2, 0.25) is 0 Å². The molecule has 1 atom stereocenters. The normalized spacial score (nSPS) is 13.9. The Morgan fingerprint density at radius 3 is 2.24 bits per heavy atom. The summed E-state index contributed by atoms with van der Waals surface area (Å²) < 4.78 is 57.3. The fraction of sp³-hybridized carbons (Fsp3) is 0.200. The number of hydrogen-bond acceptors (Lipinski definition) is 7. The molecular weight excluding hydrogens is 543 g/mol. The van der Waals surface area contributed by atoms with E-state index in [-0.39, 0.29) is 39.6 Å². The minimum absolute atomic E-state index is 0.0140. The maximum Gasteiger partial charge on any atom is 0.453 e. The number of rotatable bonds is 6. The number of alkyl halides is 3. The summed E-state index contributed by atoms with van der Waals surface area (Å²) in [7, 11) is 0. The minimum atomic E-state index is -5.07. The number of imide groups is 1. The molecule has 0 saturated heterocycles. The van der Waals surface area contributed by atoms with Crippen molar-refractivity contribution in [2.45, 2.75) is 39.4 Å². The van der Waals surface area contributed by atoms with Gasteiger partial charge in [0.25, 0.3) is 17.6 Å². The first-order valence-electron chi connectivity index (χ1n) is 12.6. The number of halogens is 3. The summed E-state index contributed by atoms with van der Waals surface area (Å²) in [5.41, 5.74) is -0.565. The van der Waals surface area contributed by atoms with E-state index in [9.17, 15) is 32.3 Å². The molecule has 1 unspecified atom stereocenters. The highest BCUT2D eigenvalue weighted by atomic mass is 19.4. The van der Waals surface area contributed by atoms with Crippen LogP contribution < -0.4 is 14.9 Å². The minimum Gasteiger partial charge on any atom is -0.449 e. The van der Waals surface area contributed by atoms with Gasteiger partial charge in [0.1, 0.15) is 17.1 Å². The molecule has 0 aliphatic carbocycles. The van der Waals surface area contributed by atoms with Gasteiger partial charge in [0, 0.05) is 12.1 Å². The van der Waals surface area contributed by atoms with Crippen molar-refractivity contribution >= 4 is 28.8 Å². The summed E-state index contributed by atoms with van der Waals surface area (Å²) in [5, 5.41) is -0.230. The second kappa shape index (κ2) is 10.2. The smallest absolute Gasteiger partial charge is 0.449 e. The Kier molecular flexibility index (Phi) is 6.90. The Bertz CT molecular complexity index is 1770. The van der Waals surface area contributed by atoms with E-state index in [1.54, 1.807) is 26.0 Å². The molecular formula is C30H22F3NO7. The first-order chi connectivity index (χ1) is 19.4. The summed E-state index contributed by atoms with van der Waals surface area (Å²) in [6.07, 6.45) is -4.52. The second-order valence-corrected chi connectivity index (χ2v) is 9.55. The van der Waals surface area contributed by atoms with Crippen LogP contribution in [-0.2, 0) is 6.18 Å². The highest BCUT2D eigenvalue weighted by Crippen LogP contribution is 2.39. The van der Waals surface area contributed by atoms with E-state index in [1.807, 2.05) is 6.92 Å². The monoisotopic (exact) mass is 565 g/mol. The number of nitrogens with zero attached hydrogens (tertiary/aromatic N) is 1. The number of aryl methyl sites for hydroxylation is 1. The number of benzene rings is 3. The second-order valence-electron chi connectivity index (χ2n) is 9.55. The predicted molar refractivity (Wildman–Crippen MR) is 140 cm³/mol. The molecule has 0 radical (unpaired) electrons. The van der Waals surface area contributed by atoms with Gasteiger partial charge in [-0.25, -0.2) is 4.79 Å². The van der Waals surface area contributed by atoms with E-state index in [1.165, 1.54) is 36.4 Å². The molecule has 3 aromatic carbocycles. The summed E-state index contributed by atoms with van der Waals surface area (Å²) in [4.78, 5) is 52.4. The third-order valence-electron chi connectivity index (χ3n) is 6.72. The summed E-state index contributed by atoms with van der Waals surface area (Å²) in [5.74, 6) is -4.81. The molecule has 2 heterocycles. The molecule has 1 aliphatic rings. The topological polar surface area (TPSA) is 103 Å². The van der Waals surface area contributed by atoms with E-state index in [0.717, 1.165) is 22.6 Å². The van der Waals surface area contributed by atoms with Crippen LogP contribution in [0.3, 0.4) is 0 Å². The van der Waals surface area contributed by atoms with Crippen molar-refractivity contribution in [2.24, 2.45) is 0 Å². The average molecular weight is 566 g/mol. The highest BCUT2D eigenvalue weighted by Gasteiger charge is 2.41. The summed E-state index contributed by atoms with van der Waals surface area (Å²) in [6.45, 7) is 5.35. The largest absolute Gasteiger partial charge is 0.453 e. The van der Waals surface area contributed by atoms with Gasteiger partial charge in [-0.3, -0.25) is 19.3 Å². The van der Waals surface area contributed by atoms with Gasteiger partial charge in [-0.2, -0.15) is 13.2 Å². The van der Waals surface area contributed by atoms with Crippen molar-refractivity contribution in [3.63, 3.8) is 0 Å². The quantitative estimate of drug-likeness (QED) is 0.149. The Labute approximate surface area is 230 Å². The van der Waals surface area contributed by atoms with Gasteiger partial charge in [-0.15, -0.1) is 0 Å². The number of ether oxygens (including phenoxy) is 2. The van der Waals surface area contributed by atoms with E-state index in [2.05, 4.69) is 0 Å². The van der Waals surface area contributed by atoms with Gasteiger partial charge in [0.05, 0.1) is 22.1 Å². The summed E-state index contributed by atoms with van der Waals surface area (Å²) >= 11 is 0. The van der Waals surface area contributed by atoms with Crippen molar-refractivity contribution in [1.29, 1.82) is 0 Å². The van der Waals surface area contributed by atoms with Crippen LogP contribution >= 0.6 is 0 Å². The van der Waals surface area contributed by atoms with Crippen LogP contribution in [-0.4, -0.2) is 28.7 Å². The lowest BCUT2D eigenvalue weighted by molar-refractivity contribution is -0.154. The van der Waals surface area contributed by atoms with Gasteiger partial charge >= 0.3 is 12.1 Å². The van der Waals surface area contributed by atoms with Gasteiger partial charge < -0.3 is 13.9 Å². The molecule has 0 N–H and O–H groups in total. The zero-order valence-corrected chi connectivity index (χ0v) is 22.0. The number of carbonyl (C=O) groups is 3. The number of amides is 2. The Hall–Kier alpha value is -4.93. The lowest BCUT2D eigenvalue weighted by Gasteiger charge is -2.20. The molecule has 4 aromatic rings. The Morgan fingerprint density at radius 1 is 0.927 bits per heavy atom. The summed E-state index contributed by atoms with van der Waals surface area (Å²) in [6, 6.07) is 13.0. The van der Waals surface area contributed by atoms with Crippen molar-refractivity contribution in [1.82, 2.24) is 4.90 Å². The fourth-order valence-corrected chi connectivity index (χ4v) is 4.36. The number of hydrogen-bond donors (Lipinski definition) is 0. The Balaban J connectivity index is 1.46. The molecule has 2 amide bonds. The molecule has 1 aromatic heterocycles. The lowest BCUT2D eigenvalue weighted by atomic mass is 10.1. The zero-order valence-electron chi connectivity index (χ0n) is 22.0. The third-order valence-corrected chi connectivity index (χ3v) is 6.72. The first-order valence-corrected chi connectivity index (χ1v) is 12.6. The van der Waals surface area contributed by atoms with Gasteiger partial charge in [-0.05, 0) is 62.7 Å². The molecule has 0 fully saturated rings. The number of carbonyl (C=O) groups excluding carboxylic acids is 3. The molecule has 5 rings (SSSR count). The molecule has 0 spiro atoms. The van der Waals surface area contributed by atoms with Crippen LogP contribution in [0.25, 0.3) is 11.0 Å². The molecule has 1 aliphatic heterocycles. The van der Waals surface area contributed by atoms with Gasteiger partial charge in [0.15, 0.2) is 0 Å². The van der Waals surface area contributed by atoms with Crippen molar-refractivity contribution in [3.8, 4) is 17.2 Å². The zero-order chi connectivity index (χ0) is 29.6. The predicted octanol–water partition coefficient (Wildman–Crippen LogP) is 6.53. The Morgan fingerprint density at radius 2 is 1.59 bits per heavy atom. The molecule has 0 bridgehead atoms. The molecule has 8 nitrogen and oxygen atoms in total. The van der Waals surface area contributed by atoms with E-state index in [0.29, 0.717) is 6.42 Å². The number of fused-ring (bicyclic) bond motifs is 2. The standard InChI is InChI=1S/C30H22F3NO7/c1-4-16(3)34-27(36)20-11-7-17(13-22(20)28(34)37)29(38)40-19-10-12-21-23(14-19)41-26(30(31,32)33)25(24(21)35)39-18-8-5-15(2)6-9-18/h5-14,16H,4H2,1-3H3. The van der Waals surface area contributed by atoms with Crippen LogP contribution in [0.1, 0.15) is 62.7 Å². The van der Waals surface area contributed by atoms with Crippen molar-refractivity contribution in [3.05, 3.63) is 98.9 Å².